The third-order valence-corrected chi connectivity index (χ3v) is 7.95. The molecule has 0 aromatic heterocycles. The third-order valence-electron chi connectivity index (χ3n) is 7.95. The van der Waals surface area contributed by atoms with Crippen LogP contribution in [0.1, 0.15) is 78.1 Å². The fraction of sp³-hybridized carbons (Fsp3) is 0.786. The topological polar surface area (TPSA) is 243 Å². The summed E-state index contributed by atoms with van der Waals surface area (Å²) in [4.78, 5) is 80.0. The SMILES string of the molecule is C[C@H](N)C(=O)N[C@@H](CCCCN)C(=O)N1CCC[C@H]1C(=O)N1CCC[C@H]1C(=O)N[C@@H](C)C(=O)N[C@@H](CCCCN)C(=O)O. The zero-order valence-corrected chi connectivity index (χ0v) is 25.4. The van der Waals surface area contributed by atoms with Gasteiger partial charge in [-0.1, -0.05) is 0 Å². The summed E-state index contributed by atoms with van der Waals surface area (Å²) in [6.07, 6.45) is 4.97. The first kappa shape index (κ1) is 35.9. The highest BCUT2D eigenvalue weighted by Crippen LogP contribution is 2.26. The summed E-state index contributed by atoms with van der Waals surface area (Å²) in [5.41, 5.74) is 16.8. The molecule has 0 unspecified atom stereocenters. The van der Waals surface area contributed by atoms with Gasteiger partial charge in [0.1, 0.15) is 30.2 Å². The number of likely N-dealkylation sites (tertiary alicyclic amines) is 2. The van der Waals surface area contributed by atoms with Crippen LogP contribution < -0.4 is 33.2 Å². The lowest BCUT2D eigenvalue weighted by atomic mass is 10.1. The summed E-state index contributed by atoms with van der Waals surface area (Å²) in [5.74, 6) is -3.54. The Balaban J connectivity index is 2.07. The highest BCUT2D eigenvalue weighted by atomic mass is 16.4. The van der Waals surface area contributed by atoms with Crippen molar-refractivity contribution in [2.45, 2.75) is 114 Å². The molecule has 0 aliphatic carbocycles. The molecule has 0 radical (unpaired) electrons. The van der Waals surface area contributed by atoms with Gasteiger partial charge in [-0.05, 0) is 91.1 Å². The number of carbonyl (C=O) groups is 6. The van der Waals surface area contributed by atoms with Crippen LogP contribution in [-0.2, 0) is 28.8 Å². The van der Waals surface area contributed by atoms with Crippen LogP contribution in [0.25, 0.3) is 0 Å². The number of amides is 5. The van der Waals surface area contributed by atoms with Crippen molar-refractivity contribution in [3.8, 4) is 0 Å². The monoisotopic (exact) mass is 610 g/mol. The Hall–Kier alpha value is -3.30. The Kier molecular flexibility index (Phi) is 14.8. The maximum atomic E-state index is 13.7. The van der Waals surface area contributed by atoms with Crippen LogP contribution in [0.2, 0.25) is 0 Å². The first-order valence-corrected chi connectivity index (χ1v) is 15.3. The molecule has 2 rings (SSSR count). The normalized spacial score (nSPS) is 21.0. The number of carbonyl (C=O) groups excluding carboxylic acids is 5. The Labute approximate surface area is 253 Å². The Bertz CT molecular complexity index is 994. The molecule has 43 heavy (non-hydrogen) atoms. The van der Waals surface area contributed by atoms with E-state index in [0.29, 0.717) is 84.0 Å². The van der Waals surface area contributed by atoms with Crippen LogP contribution >= 0.6 is 0 Å². The predicted molar refractivity (Wildman–Crippen MR) is 158 cm³/mol. The molecule has 15 heteroatoms. The fourth-order valence-corrected chi connectivity index (χ4v) is 5.46. The summed E-state index contributed by atoms with van der Waals surface area (Å²) in [6, 6.07) is -5.41. The lowest BCUT2D eigenvalue weighted by Gasteiger charge is -2.33. The number of carboxylic acids is 1. The van der Waals surface area contributed by atoms with Crippen molar-refractivity contribution >= 4 is 35.5 Å². The molecular formula is C28H50N8O7. The molecule has 5 amide bonds. The van der Waals surface area contributed by atoms with Gasteiger partial charge in [-0.2, -0.15) is 0 Å². The van der Waals surface area contributed by atoms with Crippen molar-refractivity contribution in [1.82, 2.24) is 25.8 Å². The predicted octanol–water partition coefficient (Wildman–Crippen LogP) is -1.87. The summed E-state index contributed by atoms with van der Waals surface area (Å²) < 4.78 is 0. The zero-order valence-electron chi connectivity index (χ0n) is 25.4. The highest BCUT2D eigenvalue weighted by Gasteiger charge is 2.43. The van der Waals surface area contributed by atoms with Crippen molar-refractivity contribution in [1.29, 1.82) is 0 Å². The van der Waals surface area contributed by atoms with Crippen LogP contribution in [0.15, 0.2) is 0 Å². The van der Waals surface area contributed by atoms with E-state index in [2.05, 4.69) is 16.0 Å². The molecule has 2 saturated heterocycles. The molecule has 15 nitrogen and oxygen atoms in total. The molecule has 6 atom stereocenters. The quantitative estimate of drug-likeness (QED) is 0.0905. The minimum Gasteiger partial charge on any atom is -0.480 e. The molecule has 2 aliphatic rings. The maximum absolute atomic E-state index is 13.7. The lowest BCUT2D eigenvalue weighted by Crippen LogP contribution is -2.58. The molecular weight excluding hydrogens is 560 g/mol. The van der Waals surface area contributed by atoms with Gasteiger partial charge in [0, 0.05) is 13.1 Å². The Morgan fingerprint density at radius 3 is 1.86 bits per heavy atom. The number of rotatable bonds is 17. The maximum Gasteiger partial charge on any atom is 0.326 e. The van der Waals surface area contributed by atoms with E-state index in [4.69, 9.17) is 17.2 Å². The van der Waals surface area contributed by atoms with E-state index >= 15 is 0 Å². The Morgan fingerprint density at radius 2 is 1.30 bits per heavy atom. The van der Waals surface area contributed by atoms with E-state index in [1.807, 2.05) is 0 Å². The van der Waals surface area contributed by atoms with Crippen molar-refractivity contribution in [3.05, 3.63) is 0 Å². The molecule has 244 valence electrons. The summed E-state index contributed by atoms with van der Waals surface area (Å²) in [5, 5.41) is 17.2. The fourth-order valence-electron chi connectivity index (χ4n) is 5.46. The lowest BCUT2D eigenvalue weighted by molar-refractivity contribution is -0.148. The Morgan fingerprint density at radius 1 is 0.767 bits per heavy atom. The van der Waals surface area contributed by atoms with Crippen LogP contribution in [0.4, 0.5) is 0 Å². The van der Waals surface area contributed by atoms with Crippen LogP contribution in [-0.4, -0.2) is 113 Å². The smallest absolute Gasteiger partial charge is 0.326 e. The summed E-state index contributed by atoms with van der Waals surface area (Å²) in [7, 11) is 0. The van der Waals surface area contributed by atoms with Crippen LogP contribution in [0.5, 0.6) is 0 Å². The second-order valence-electron chi connectivity index (χ2n) is 11.4. The number of aliphatic carboxylic acids is 1. The van der Waals surface area contributed by atoms with E-state index in [9.17, 15) is 33.9 Å². The van der Waals surface area contributed by atoms with Gasteiger partial charge in [-0.3, -0.25) is 24.0 Å². The van der Waals surface area contributed by atoms with Gasteiger partial charge in [-0.25, -0.2) is 4.79 Å². The molecule has 10 N–H and O–H groups in total. The highest BCUT2D eigenvalue weighted by molar-refractivity contribution is 5.96. The van der Waals surface area contributed by atoms with E-state index in [1.54, 1.807) is 0 Å². The van der Waals surface area contributed by atoms with E-state index in [-0.39, 0.29) is 18.2 Å². The third kappa shape index (κ3) is 10.4. The van der Waals surface area contributed by atoms with E-state index < -0.39 is 59.9 Å². The number of carboxylic acid groups (broad SMARTS) is 1. The number of nitrogens with two attached hydrogens (primary N) is 3. The number of nitrogens with one attached hydrogen (secondary N) is 3. The average Bonchev–Trinajstić information content (AvgIpc) is 3.66. The second-order valence-corrected chi connectivity index (χ2v) is 11.4. The standard InChI is InChI=1S/C28H50N8O7/c1-17(31)23(37)33-19(9-3-5-13-29)26(40)36-16-8-12-22(36)27(41)35-15-7-11-21(35)25(39)32-18(2)24(38)34-20(28(42)43)10-4-6-14-30/h17-22H,3-16,29-31H2,1-2H3,(H,32,39)(H,33,37)(H,34,38)(H,42,43)/t17-,18-,19-,20-,21-,22-/m0/s1. The van der Waals surface area contributed by atoms with Crippen molar-refractivity contribution in [2.24, 2.45) is 17.2 Å². The zero-order chi connectivity index (χ0) is 32.1. The van der Waals surface area contributed by atoms with Gasteiger partial charge in [0.15, 0.2) is 0 Å². The molecule has 0 aromatic carbocycles. The second kappa shape index (κ2) is 17.7. The number of nitrogens with zero attached hydrogens (tertiary/aromatic N) is 2. The van der Waals surface area contributed by atoms with Gasteiger partial charge >= 0.3 is 5.97 Å². The molecule has 2 aliphatic heterocycles. The number of hydrogen-bond acceptors (Lipinski definition) is 9. The van der Waals surface area contributed by atoms with E-state index in [1.165, 1.54) is 23.6 Å². The van der Waals surface area contributed by atoms with Crippen molar-refractivity contribution < 1.29 is 33.9 Å². The van der Waals surface area contributed by atoms with Crippen LogP contribution in [0.3, 0.4) is 0 Å². The molecule has 0 aromatic rings. The summed E-state index contributed by atoms with van der Waals surface area (Å²) >= 11 is 0. The van der Waals surface area contributed by atoms with Crippen molar-refractivity contribution in [2.75, 3.05) is 26.2 Å². The molecule has 0 saturated carbocycles. The molecule has 2 heterocycles. The van der Waals surface area contributed by atoms with E-state index in [0.717, 1.165) is 0 Å². The van der Waals surface area contributed by atoms with Gasteiger partial charge in [0.2, 0.25) is 29.5 Å². The first-order chi connectivity index (χ1) is 20.4. The molecule has 2 fully saturated rings. The van der Waals surface area contributed by atoms with Gasteiger partial charge in [0.05, 0.1) is 6.04 Å². The molecule has 0 spiro atoms. The minimum absolute atomic E-state index is 0.212. The largest absolute Gasteiger partial charge is 0.480 e. The average molecular weight is 611 g/mol. The number of hydrogen-bond donors (Lipinski definition) is 7. The van der Waals surface area contributed by atoms with Gasteiger partial charge < -0.3 is 48.1 Å². The molecule has 0 bridgehead atoms. The summed E-state index contributed by atoms with van der Waals surface area (Å²) in [6.45, 7) is 4.49. The number of unbranched alkanes of at least 4 members (excludes halogenated alkanes) is 2. The van der Waals surface area contributed by atoms with Gasteiger partial charge in [-0.15, -0.1) is 0 Å². The minimum atomic E-state index is -1.18. The van der Waals surface area contributed by atoms with Gasteiger partial charge in [0.25, 0.3) is 0 Å². The first-order valence-electron chi connectivity index (χ1n) is 15.3. The van der Waals surface area contributed by atoms with Crippen LogP contribution in [0, 0.1) is 0 Å². The van der Waals surface area contributed by atoms with Crippen molar-refractivity contribution in [3.63, 3.8) is 0 Å².